The summed E-state index contributed by atoms with van der Waals surface area (Å²) in [5, 5.41) is 2.83. The number of aromatic amines is 1. The summed E-state index contributed by atoms with van der Waals surface area (Å²) in [6.07, 6.45) is 2.20. The molecule has 0 aliphatic carbocycles. The molecule has 1 fully saturated rings. The SMILES string of the molecule is Cc1c[nH]c(=O)n1-c1ccccc1NC(=O)c1ccc(N2CCCS2(=O)=O)cc1. The first-order valence-electron chi connectivity index (χ1n) is 9.15. The first-order valence-corrected chi connectivity index (χ1v) is 10.8. The number of anilines is 2. The van der Waals surface area contributed by atoms with Gasteiger partial charge in [0.05, 0.1) is 22.8 Å². The maximum absolute atomic E-state index is 12.7. The fourth-order valence-corrected chi connectivity index (χ4v) is 5.00. The average Bonchev–Trinajstić information content (AvgIpc) is 3.23. The molecule has 0 spiro atoms. The van der Waals surface area contributed by atoms with E-state index in [-0.39, 0.29) is 17.3 Å². The highest BCUT2D eigenvalue weighted by Gasteiger charge is 2.28. The van der Waals surface area contributed by atoms with Gasteiger partial charge in [-0.25, -0.2) is 13.2 Å². The van der Waals surface area contributed by atoms with Gasteiger partial charge in [-0.15, -0.1) is 0 Å². The Labute approximate surface area is 167 Å². The van der Waals surface area contributed by atoms with Gasteiger partial charge in [0.25, 0.3) is 5.91 Å². The van der Waals surface area contributed by atoms with Gasteiger partial charge in [0.1, 0.15) is 0 Å². The molecule has 1 saturated heterocycles. The summed E-state index contributed by atoms with van der Waals surface area (Å²) in [5.74, 6) is -0.209. The van der Waals surface area contributed by atoms with Crippen LogP contribution in [0.4, 0.5) is 11.4 Å². The van der Waals surface area contributed by atoms with Gasteiger partial charge in [-0.1, -0.05) is 12.1 Å². The van der Waals surface area contributed by atoms with Crippen molar-refractivity contribution in [2.75, 3.05) is 21.9 Å². The van der Waals surface area contributed by atoms with Gasteiger partial charge in [0, 0.05) is 24.0 Å². The van der Waals surface area contributed by atoms with Crippen LogP contribution >= 0.6 is 0 Å². The zero-order valence-corrected chi connectivity index (χ0v) is 16.6. The molecule has 0 radical (unpaired) electrons. The number of nitrogens with one attached hydrogen (secondary N) is 2. The number of hydrogen-bond acceptors (Lipinski definition) is 4. The van der Waals surface area contributed by atoms with Gasteiger partial charge in [-0.05, 0) is 49.7 Å². The number of benzene rings is 2. The van der Waals surface area contributed by atoms with E-state index >= 15 is 0 Å². The van der Waals surface area contributed by atoms with Crippen LogP contribution in [0.25, 0.3) is 5.69 Å². The molecule has 29 heavy (non-hydrogen) atoms. The van der Waals surface area contributed by atoms with E-state index in [9.17, 15) is 18.0 Å². The highest BCUT2D eigenvalue weighted by Crippen LogP contribution is 2.25. The fourth-order valence-electron chi connectivity index (χ4n) is 3.43. The van der Waals surface area contributed by atoms with E-state index in [0.717, 1.165) is 0 Å². The van der Waals surface area contributed by atoms with Gasteiger partial charge in [0.2, 0.25) is 10.0 Å². The van der Waals surface area contributed by atoms with Crippen LogP contribution in [0.15, 0.2) is 59.5 Å². The Bertz CT molecular complexity index is 1230. The number of aromatic nitrogens is 2. The van der Waals surface area contributed by atoms with Crippen molar-refractivity contribution in [1.82, 2.24) is 9.55 Å². The second-order valence-electron chi connectivity index (χ2n) is 6.83. The van der Waals surface area contributed by atoms with Gasteiger partial charge in [-0.3, -0.25) is 13.7 Å². The molecule has 1 aliphatic rings. The van der Waals surface area contributed by atoms with Crippen LogP contribution in [0.5, 0.6) is 0 Å². The molecule has 8 nitrogen and oxygen atoms in total. The molecule has 0 atom stereocenters. The van der Waals surface area contributed by atoms with Crippen LogP contribution in [-0.2, 0) is 10.0 Å². The Morgan fingerprint density at radius 2 is 1.83 bits per heavy atom. The van der Waals surface area contributed by atoms with Crippen LogP contribution in [0, 0.1) is 6.92 Å². The fraction of sp³-hybridized carbons (Fsp3) is 0.200. The van der Waals surface area contributed by atoms with Crippen molar-refractivity contribution in [1.29, 1.82) is 0 Å². The normalized spacial score (nSPS) is 15.4. The smallest absolute Gasteiger partial charge is 0.320 e. The van der Waals surface area contributed by atoms with Crippen LogP contribution in [0.3, 0.4) is 0 Å². The molecule has 0 bridgehead atoms. The summed E-state index contributed by atoms with van der Waals surface area (Å²) in [6.45, 7) is 2.24. The summed E-state index contributed by atoms with van der Waals surface area (Å²) >= 11 is 0. The van der Waals surface area contributed by atoms with Crippen molar-refractivity contribution >= 4 is 27.3 Å². The number of carbonyl (C=O) groups is 1. The van der Waals surface area contributed by atoms with Gasteiger partial charge >= 0.3 is 5.69 Å². The summed E-state index contributed by atoms with van der Waals surface area (Å²) in [5.41, 5.74) is 2.42. The first kappa shape index (κ1) is 19.0. The predicted octanol–water partition coefficient (Wildman–Crippen LogP) is 2.27. The number of hydrogen-bond donors (Lipinski definition) is 2. The van der Waals surface area contributed by atoms with Crippen LogP contribution in [0.2, 0.25) is 0 Å². The lowest BCUT2D eigenvalue weighted by molar-refractivity contribution is 0.102. The molecule has 0 unspecified atom stereocenters. The zero-order chi connectivity index (χ0) is 20.6. The van der Waals surface area contributed by atoms with Crippen molar-refractivity contribution in [3.63, 3.8) is 0 Å². The molecule has 1 aliphatic heterocycles. The molecule has 2 aromatic carbocycles. The number of para-hydroxylation sites is 2. The lowest BCUT2D eigenvalue weighted by atomic mass is 10.1. The Kier molecular flexibility index (Phi) is 4.75. The zero-order valence-electron chi connectivity index (χ0n) is 15.8. The Hall–Kier alpha value is -3.33. The van der Waals surface area contributed by atoms with E-state index in [1.165, 1.54) is 8.87 Å². The minimum Gasteiger partial charge on any atom is -0.320 e. The number of H-pyrrole nitrogens is 1. The molecule has 3 aromatic rings. The average molecular weight is 412 g/mol. The molecule has 1 amide bonds. The number of nitrogens with zero attached hydrogens (tertiary/aromatic N) is 2. The number of sulfonamides is 1. The van der Waals surface area contributed by atoms with E-state index in [4.69, 9.17) is 0 Å². The third kappa shape index (κ3) is 3.56. The van der Waals surface area contributed by atoms with Gasteiger partial charge in [0.15, 0.2) is 0 Å². The van der Waals surface area contributed by atoms with Crippen molar-refractivity contribution in [2.45, 2.75) is 13.3 Å². The Morgan fingerprint density at radius 1 is 1.10 bits per heavy atom. The molecule has 9 heteroatoms. The quantitative estimate of drug-likeness (QED) is 0.686. The van der Waals surface area contributed by atoms with Gasteiger partial charge < -0.3 is 10.3 Å². The lowest BCUT2D eigenvalue weighted by Gasteiger charge is -2.17. The summed E-state index contributed by atoms with van der Waals surface area (Å²) < 4.78 is 26.9. The third-order valence-corrected chi connectivity index (χ3v) is 6.74. The monoisotopic (exact) mass is 412 g/mol. The van der Waals surface area contributed by atoms with Crippen molar-refractivity contribution in [3.8, 4) is 5.69 Å². The second kappa shape index (κ2) is 7.25. The van der Waals surface area contributed by atoms with Crippen molar-refractivity contribution < 1.29 is 13.2 Å². The number of aryl methyl sites for hydroxylation is 1. The van der Waals surface area contributed by atoms with E-state index in [2.05, 4.69) is 10.3 Å². The minimum absolute atomic E-state index is 0.143. The maximum atomic E-state index is 12.7. The first-order chi connectivity index (χ1) is 13.9. The predicted molar refractivity (Wildman–Crippen MR) is 111 cm³/mol. The Balaban J connectivity index is 1.59. The molecular formula is C20H20N4O4S. The molecule has 4 rings (SSSR count). The van der Waals surface area contributed by atoms with E-state index in [0.29, 0.717) is 41.3 Å². The summed E-state index contributed by atoms with van der Waals surface area (Å²) in [4.78, 5) is 27.5. The number of amides is 1. The van der Waals surface area contributed by atoms with E-state index < -0.39 is 10.0 Å². The maximum Gasteiger partial charge on any atom is 0.330 e. The molecule has 0 saturated carbocycles. The third-order valence-electron chi connectivity index (χ3n) is 4.87. The van der Waals surface area contributed by atoms with Crippen LogP contribution < -0.4 is 15.3 Å². The number of rotatable bonds is 4. The summed E-state index contributed by atoms with van der Waals surface area (Å²) in [7, 11) is -3.26. The topological polar surface area (TPSA) is 104 Å². The van der Waals surface area contributed by atoms with Crippen LogP contribution in [-0.4, -0.2) is 36.2 Å². The van der Waals surface area contributed by atoms with Gasteiger partial charge in [-0.2, -0.15) is 0 Å². The lowest BCUT2D eigenvalue weighted by Crippen LogP contribution is -2.25. The molecule has 2 heterocycles. The van der Waals surface area contributed by atoms with Crippen molar-refractivity contribution in [3.05, 3.63) is 76.5 Å². The van der Waals surface area contributed by atoms with E-state index in [1.54, 1.807) is 61.7 Å². The second-order valence-corrected chi connectivity index (χ2v) is 8.84. The molecule has 1 aromatic heterocycles. The Morgan fingerprint density at radius 3 is 2.45 bits per heavy atom. The largest absolute Gasteiger partial charge is 0.330 e. The number of imidazole rings is 1. The standard InChI is InChI=1S/C20H20N4O4S/c1-14-13-21-20(26)24(14)18-6-3-2-5-17(18)22-19(25)15-7-9-16(10-8-15)23-11-4-12-29(23,27)28/h2-3,5-10,13H,4,11-12H2,1H3,(H,21,26)(H,22,25). The highest BCUT2D eigenvalue weighted by molar-refractivity contribution is 7.93. The van der Waals surface area contributed by atoms with Crippen LogP contribution in [0.1, 0.15) is 22.5 Å². The van der Waals surface area contributed by atoms with E-state index in [1.807, 2.05) is 0 Å². The highest BCUT2D eigenvalue weighted by atomic mass is 32.2. The summed E-state index contributed by atoms with van der Waals surface area (Å²) in [6, 6.07) is 13.5. The molecule has 150 valence electrons. The molecule has 2 N–H and O–H groups in total. The van der Waals surface area contributed by atoms with Crippen molar-refractivity contribution in [2.24, 2.45) is 0 Å². The minimum atomic E-state index is -3.26. The number of carbonyl (C=O) groups excluding carboxylic acids is 1. The molecular weight excluding hydrogens is 392 g/mol.